The zero-order chi connectivity index (χ0) is 19.4. The maximum atomic E-state index is 12.7. The number of benzene rings is 1. The Morgan fingerprint density at radius 2 is 2.22 bits per heavy atom. The van der Waals surface area contributed by atoms with Gasteiger partial charge in [-0.15, -0.1) is 0 Å². The van der Waals surface area contributed by atoms with Gasteiger partial charge in [-0.05, 0) is 31.0 Å². The Balaban J connectivity index is 1.57. The van der Waals surface area contributed by atoms with Gasteiger partial charge in [0.2, 0.25) is 5.89 Å². The van der Waals surface area contributed by atoms with Gasteiger partial charge in [0, 0.05) is 20.2 Å². The molecule has 0 spiro atoms. The van der Waals surface area contributed by atoms with Gasteiger partial charge in [-0.1, -0.05) is 6.07 Å². The molecule has 27 heavy (non-hydrogen) atoms. The molecule has 0 saturated carbocycles. The normalized spacial score (nSPS) is 17.1. The van der Waals surface area contributed by atoms with Gasteiger partial charge in [0.1, 0.15) is 12.0 Å². The van der Waals surface area contributed by atoms with E-state index in [4.69, 9.17) is 13.9 Å². The fourth-order valence-corrected chi connectivity index (χ4v) is 2.75. The molecule has 1 aromatic heterocycles. The second-order valence-electron chi connectivity index (χ2n) is 6.26. The Bertz CT molecular complexity index is 785. The molecule has 146 valence electrons. The van der Waals surface area contributed by atoms with E-state index in [2.05, 4.69) is 4.98 Å². The number of alkyl halides is 3. The summed E-state index contributed by atoms with van der Waals surface area (Å²) in [5, 5.41) is 0. The van der Waals surface area contributed by atoms with Crippen LogP contribution in [0, 0.1) is 0 Å². The van der Waals surface area contributed by atoms with E-state index in [0.29, 0.717) is 13.2 Å². The van der Waals surface area contributed by atoms with E-state index in [0.717, 1.165) is 25.0 Å². The molecular weight excluding hydrogens is 365 g/mol. The summed E-state index contributed by atoms with van der Waals surface area (Å²) in [4.78, 5) is 17.9. The van der Waals surface area contributed by atoms with E-state index in [1.807, 2.05) is 0 Å². The lowest BCUT2D eigenvalue weighted by molar-refractivity contribution is -0.137. The van der Waals surface area contributed by atoms with Crippen LogP contribution in [0.25, 0.3) is 0 Å². The highest BCUT2D eigenvalue weighted by atomic mass is 19.4. The van der Waals surface area contributed by atoms with E-state index in [9.17, 15) is 18.0 Å². The van der Waals surface area contributed by atoms with Crippen LogP contribution in [0.1, 0.15) is 34.8 Å². The number of rotatable bonds is 6. The number of oxazole rings is 1. The zero-order valence-electron chi connectivity index (χ0n) is 14.7. The van der Waals surface area contributed by atoms with Crippen molar-refractivity contribution in [2.45, 2.75) is 31.7 Å². The molecule has 1 amide bonds. The average molecular weight is 384 g/mol. The summed E-state index contributed by atoms with van der Waals surface area (Å²) in [7, 11) is 1.65. The third kappa shape index (κ3) is 5.00. The largest absolute Gasteiger partial charge is 0.484 e. The summed E-state index contributed by atoms with van der Waals surface area (Å²) in [5.74, 6) is -0.188. The number of halogens is 3. The van der Waals surface area contributed by atoms with Crippen LogP contribution in [0.15, 0.2) is 34.9 Å². The third-order valence-corrected chi connectivity index (χ3v) is 4.14. The number of aromatic nitrogens is 1. The van der Waals surface area contributed by atoms with Crippen molar-refractivity contribution in [3.63, 3.8) is 0 Å². The van der Waals surface area contributed by atoms with E-state index in [1.54, 1.807) is 7.05 Å². The van der Waals surface area contributed by atoms with Crippen LogP contribution in [-0.4, -0.2) is 42.1 Å². The molecule has 1 fully saturated rings. The topological polar surface area (TPSA) is 64.8 Å². The molecule has 0 bridgehead atoms. The number of carbonyl (C=O) groups excluding carboxylic acids is 1. The van der Waals surface area contributed by atoms with Gasteiger partial charge < -0.3 is 18.8 Å². The van der Waals surface area contributed by atoms with E-state index in [1.165, 1.54) is 23.3 Å². The van der Waals surface area contributed by atoms with Crippen molar-refractivity contribution in [3.05, 3.63) is 47.7 Å². The molecule has 0 N–H and O–H groups in total. The fraction of sp³-hybridized carbons (Fsp3) is 0.444. The zero-order valence-corrected chi connectivity index (χ0v) is 14.7. The summed E-state index contributed by atoms with van der Waals surface area (Å²) in [5.41, 5.74) is -0.697. The molecule has 1 saturated heterocycles. The number of nitrogens with zero attached hydrogens (tertiary/aromatic N) is 2. The molecule has 2 heterocycles. The Labute approximate surface area is 153 Å². The standard InChI is InChI=1S/C18H19F3N2O4/c1-23(9-14-6-3-7-25-14)17(24)15-10-27-16(22-15)11-26-13-5-2-4-12(8-13)18(19,20)21/h2,4-5,8,10,14H,3,6-7,9,11H2,1H3. The van der Waals surface area contributed by atoms with E-state index >= 15 is 0 Å². The highest BCUT2D eigenvalue weighted by Crippen LogP contribution is 2.31. The molecule has 1 atom stereocenters. The molecule has 6 nitrogen and oxygen atoms in total. The highest BCUT2D eigenvalue weighted by Gasteiger charge is 2.30. The molecule has 3 rings (SSSR count). The first-order valence-electron chi connectivity index (χ1n) is 8.44. The Hall–Kier alpha value is -2.55. The molecule has 0 radical (unpaired) electrons. The molecule has 0 aliphatic carbocycles. The minimum Gasteiger partial charge on any atom is -0.484 e. The van der Waals surface area contributed by atoms with Gasteiger partial charge in [0.05, 0.1) is 11.7 Å². The Morgan fingerprint density at radius 3 is 2.93 bits per heavy atom. The number of hydrogen-bond acceptors (Lipinski definition) is 5. The summed E-state index contributed by atoms with van der Waals surface area (Å²) in [6.07, 6.45) is -1.33. The van der Waals surface area contributed by atoms with Crippen LogP contribution in [0.3, 0.4) is 0 Å². The monoisotopic (exact) mass is 384 g/mol. The summed E-state index contributed by atoms with van der Waals surface area (Å²) < 4.78 is 54.1. The number of ether oxygens (including phenoxy) is 2. The predicted octanol–water partition coefficient (Wildman–Crippen LogP) is 3.52. The molecule has 9 heteroatoms. The van der Waals surface area contributed by atoms with Crippen molar-refractivity contribution in [3.8, 4) is 5.75 Å². The number of hydrogen-bond donors (Lipinski definition) is 0. The van der Waals surface area contributed by atoms with Crippen LogP contribution in [0.4, 0.5) is 13.2 Å². The van der Waals surface area contributed by atoms with Crippen LogP contribution >= 0.6 is 0 Å². The van der Waals surface area contributed by atoms with Crippen molar-refractivity contribution in [2.24, 2.45) is 0 Å². The van der Waals surface area contributed by atoms with Gasteiger partial charge in [0.15, 0.2) is 12.3 Å². The van der Waals surface area contributed by atoms with Gasteiger partial charge in [-0.3, -0.25) is 4.79 Å². The van der Waals surface area contributed by atoms with Crippen LogP contribution in [0.5, 0.6) is 5.75 Å². The maximum absolute atomic E-state index is 12.7. The maximum Gasteiger partial charge on any atom is 0.416 e. The minimum absolute atomic E-state index is 0.0227. The first-order chi connectivity index (χ1) is 12.8. The fourth-order valence-electron chi connectivity index (χ4n) is 2.75. The average Bonchev–Trinajstić information content (AvgIpc) is 3.30. The third-order valence-electron chi connectivity index (χ3n) is 4.14. The Morgan fingerprint density at radius 1 is 1.41 bits per heavy atom. The summed E-state index contributed by atoms with van der Waals surface area (Å²) >= 11 is 0. The lowest BCUT2D eigenvalue weighted by Gasteiger charge is -2.19. The number of amides is 1. The molecular formula is C18H19F3N2O4. The van der Waals surface area contributed by atoms with Gasteiger partial charge in [-0.2, -0.15) is 13.2 Å². The number of likely N-dealkylation sites (N-methyl/N-ethyl adjacent to an activating group) is 1. The lowest BCUT2D eigenvalue weighted by Crippen LogP contribution is -2.34. The van der Waals surface area contributed by atoms with Crippen molar-refractivity contribution in [2.75, 3.05) is 20.2 Å². The van der Waals surface area contributed by atoms with Crippen LogP contribution in [-0.2, 0) is 17.5 Å². The van der Waals surface area contributed by atoms with Crippen LogP contribution in [0.2, 0.25) is 0 Å². The van der Waals surface area contributed by atoms with E-state index < -0.39 is 11.7 Å². The number of carbonyl (C=O) groups is 1. The van der Waals surface area contributed by atoms with Gasteiger partial charge in [-0.25, -0.2) is 4.98 Å². The molecule has 2 aromatic rings. The first kappa shape index (κ1) is 19.2. The van der Waals surface area contributed by atoms with Crippen molar-refractivity contribution >= 4 is 5.91 Å². The summed E-state index contributed by atoms with van der Waals surface area (Å²) in [6.45, 7) is 0.972. The highest BCUT2D eigenvalue weighted by molar-refractivity contribution is 5.91. The van der Waals surface area contributed by atoms with Gasteiger partial charge >= 0.3 is 6.18 Å². The molecule has 1 aliphatic rings. The predicted molar refractivity (Wildman–Crippen MR) is 88.2 cm³/mol. The molecule has 1 aromatic carbocycles. The van der Waals surface area contributed by atoms with Crippen molar-refractivity contribution < 1.29 is 31.9 Å². The minimum atomic E-state index is -4.45. The quantitative estimate of drug-likeness (QED) is 0.763. The van der Waals surface area contributed by atoms with Crippen molar-refractivity contribution in [1.29, 1.82) is 0 Å². The first-order valence-corrected chi connectivity index (χ1v) is 8.44. The Kier molecular flexibility index (Phi) is 5.69. The van der Waals surface area contributed by atoms with Gasteiger partial charge in [0.25, 0.3) is 5.91 Å². The molecule has 1 aliphatic heterocycles. The SMILES string of the molecule is CN(CC1CCCO1)C(=O)c1coc(COc2cccc(C(F)(F)F)c2)n1. The molecule has 1 unspecified atom stereocenters. The van der Waals surface area contributed by atoms with E-state index in [-0.39, 0.29) is 36.0 Å². The smallest absolute Gasteiger partial charge is 0.416 e. The second kappa shape index (κ2) is 7.99. The summed E-state index contributed by atoms with van der Waals surface area (Å²) in [6, 6.07) is 4.51. The lowest BCUT2D eigenvalue weighted by atomic mass is 10.2. The van der Waals surface area contributed by atoms with Crippen molar-refractivity contribution in [1.82, 2.24) is 9.88 Å². The second-order valence-corrected chi connectivity index (χ2v) is 6.26. The van der Waals surface area contributed by atoms with Crippen LogP contribution < -0.4 is 4.74 Å².